The molecule has 1 aliphatic heterocycles. The van der Waals surface area contributed by atoms with E-state index in [9.17, 15) is 14.4 Å². The van der Waals surface area contributed by atoms with Crippen molar-refractivity contribution in [2.24, 2.45) is 0 Å². The van der Waals surface area contributed by atoms with Gasteiger partial charge in [0, 0.05) is 18.3 Å². The summed E-state index contributed by atoms with van der Waals surface area (Å²) >= 11 is 1.24. The van der Waals surface area contributed by atoms with E-state index < -0.39 is 0 Å². The fourth-order valence-corrected chi connectivity index (χ4v) is 3.48. The molecule has 0 unspecified atom stereocenters. The molecule has 3 rings (SSSR count). The maximum atomic E-state index is 12.4. The van der Waals surface area contributed by atoms with Gasteiger partial charge >= 0.3 is 0 Å². The standard InChI is InChI=1S/C21H22N2O5S/c1-3-27-16-7-5-15(6-8-16)22-20(25)13-29-12-18(24)14-4-9-19-17(10-14)23(2)21(26)11-28-19/h4-10H,3,11-13H2,1-2H3,(H,22,25). The quantitative estimate of drug-likeness (QED) is 0.669. The lowest BCUT2D eigenvalue weighted by Crippen LogP contribution is -2.35. The minimum Gasteiger partial charge on any atom is -0.494 e. The van der Waals surface area contributed by atoms with Gasteiger partial charge in [-0.05, 0) is 49.4 Å². The van der Waals surface area contributed by atoms with Crippen LogP contribution in [-0.2, 0) is 9.59 Å². The average Bonchev–Trinajstić information content (AvgIpc) is 2.72. The number of hydrogen-bond donors (Lipinski definition) is 1. The van der Waals surface area contributed by atoms with Crippen LogP contribution in [0.4, 0.5) is 11.4 Å². The highest BCUT2D eigenvalue weighted by molar-refractivity contribution is 8.00. The highest BCUT2D eigenvalue weighted by Gasteiger charge is 2.23. The lowest BCUT2D eigenvalue weighted by molar-refractivity contribution is -0.121. The second kappa shape index (κ2) is 9.47. The van der Waals surface area contributed by atoms with Crippen molar-refractivity contribution in [2.45, 2.75) is 6.92 Å². The van der Waals surface area contributed by atoms with Crippen LogP contribution in [0, 0.1) is 0 Å². The predicted octanol–water partition coefficient (Wildman–Crippen LogP) is 3.00. The molecule has 8 heteroatoms. The molecular formula is C21H22N2O5S. The third-order valence-electron chi connectivity index (χ3n) is 4.28. The maximum Gasteiger partial charge on any atom is 0.264 e. The second-order valence-corrected chi connectivity index (χ2v) is 7.33. The molecule has 152 valence electrons. The lowest BCUT2D eigenvalue weighted by atomic mass is 10.1. The van der Waals surface area contributed by atoms with Crippen LogP contribution in [0.3, 0.4) is 0 Å². The molecule has 1 N–H and O–H groups in total. The van der Waals surface area contributed by atoms with Gasteiger partial charge in [-0.25, -0.2) is 0 Å². The Kier molecular flexibility index (Phi) is 6.77. The van der Waals surface area contributed by atoms with E-state index in [1.54, 1.807) is 49.5 Å². The fourth-order valence-electron chi connectivity index (χ4n) is 2.76. The summed E-state index contributed by atoms with van der Waals surface area (Å²) in [6.07, 6.45) is 0. The Labute approximate surface area is 173 Å². The number of anilines is 2. The first-order valence-electron chi connectivity index (χ1n) is 9.15. The molecule has 0 saturated carbocycles. The third kappa shape index (κ3) is 5.29. The molecule has 0 aliphatic carbocycles. The van der Waals surface area contributed by atoms with Gasteiger partial charge in [0.25, 0.3) is 5.91 Å². The number of benzene rings is 2. The van der Waals surface area contributed by atoms with Crippen molar-refractivity contribution in [1.82, 2.24) is 0 Å². The van der Waals surface area contributed by atoms with E-state index in [1.807, 2.05) is 6.92 Å². The van der Waals surface area contributed by atoms with E-state index in [4.69, 9.17) is 9.47 Å². The number of fused-ring (bicyclic) bond motifs is 1. The molecule has 7 nitrogen and oxygen atoms in total. The minimum atomic E-state index is -0.184. The highest BCUT2D eigenvalue weighted by atomic mass is 32.2. The number of carbonyl (C=O) groups excluding carboxylic acids is 3. The van der Waals surface area contributed by atoms with Gasteiger partial charge in [0.1, 0.15) is 11.5 Å². The van der Waals surface area contributed by atoms with E-state index in [-0.39, 0.29) is 35.7 Å². The van der Waals surface area contributed by atoms with E-state index >= 15 is 0 Å². The van der Waals surface area contributed by atoms with Crippen LogP contribution in [0.25, 0.3) is 0 Å². The topological polar surface area (TPSA) is 84.9 Å². The molecule has 29 heavy (non-hydrogen) atoms. The minimum absolute atomic E-state index is 0.00386. The monoisotopic (exact) mass is 414 g/mol. The number of thioether (sulfide) groups is 1. The number of ketones is 1. The zero-order chi connectivity index (χ0) is 20.8. The molecule has 0 aromatic heterocycles. The average molecular weight is 414 g/mol. The number of likely N-dealkylation sites (N-methyl/N-ethyl adjacent to an activating group) is 1. The predicted molar refractivity (Wildman–Crippen MR) is 113 cm³/mol. The van der Waals surface area contributed by atoms with Gasteiger partial charge in [-0.15, -0.1) is 11.8 Å². The van der Waals surface area contributed by atoms with Crippen molar-refractivity contribution in [3.05, 3.63) is 48.0 Å². The van der Waals surface area contributed by atoms with Crippen molar-refractivity contribution >= 4 is 40.7 Å². The van der Waals surface area contributed by atoms with Gasteiger partial charge < -0.3 is 19.7 Å². The van der Waals surface area contributed by atoms with Crippen molar-refractivity contribution in [2.75, 3.05) is 42.0 Å². The van der Waals surface area contributed by atoms with Crippen LogP contribution in [-0.4, -0.2) is 49.4 Å². The van der Waals surface area contributed by atoms with Crippen LogP contribution in [0.5, 0.6) is 11.5 Å². The van der Waals surface area contributed by atoms with Gasteiger partial charge in [-0.2, -0.15) is 0 Å². The summed E-state index contributed by atoms with van der Waals surface area (Å²) in [5, 5.41) is 2.79. The van der Waals surface area contributed by atoms with Crippen molar-refractivity contribution < 1.29 is 23.9 Å². The number of amides is 2. The highest BCUT2D eigenvalue weighted by Crippen LogP contribution is 2.32. The van der Waals surface area contributed by atoms with E-state index in [0.717, 1.165) is 5.75 Å². The lowest BCUT2D eigenvalue weighted by Gasteiger charge is -2.26. The molecule has 1 heterocycles. The van der Waals surface area contributed by atoms with Crippen molar-refractivity contribution in [3.63, 3.8) is 0 Å². The first kappa shape index (κ1) is 20.7. The summed E-state index contributed by atoms with van der Waals surface area (Å²) in [4.78, 5) is 37.7. The van der Waals surface area contributed by atoms with Gasteiger partial charge in [0.05, 0.1) is 23.8 Å². The van der Waals surface area contributed by atoms with E-state index in [1.165, 1.54) is 16.7 Å². The Morgan fingerprint density at radius 2 is 1.93 bits per heavy atom. The van der Waals surface area contributed by atoms with Crippen LogP contribution in [0.1, 0.15) is 17.3 Å². The van der Waals surface area contributed by atoms with Crippen molar-refractivity contribution in [3.8, 4) is 11.5 Å². The molecule has 2 aromatic rings. The number of carbonyl (C=O) groups is 3. The summed E-state index contributed by atoms with van der Waals surface area (Å²) < 4.78 is 10.7. The molecule has 0 spiro atoms. The largest absolute Gasteiger partial charge is 0.494 e. The van der Waals surface area contributed by atoms with Crippen LogP contribution in [0.2, 0.25) is 0 Å². The summed E-state index contributed by atoms with van der Waals surface area (Å²) in [6, 6.07) is 12.1. The number of Topliss-reactive ketones (excluding diaryl/α,β-unsaturated/α-hetero) is 1. The zero-order valence-electron chi connectivity index (χ0n) is 16.3. The number of nitrogens with one attached hydrogen (secondary N) is 1. The number of ether oxygens (including phenoxy) is 2. The number of nitrogens with zero attached hydrogens (tertiary/aromatic N) is 1. The Balaban J connectivity index is 1.49. The summed E-state index contributed by atoms with van der Waals surface area (Å²) in [7, 11) is 1.65. The fraction of sp³-hybridized carbons (Fsp3) is 0.286. The van der Waals surface area contributed by atoms with E-state index in [0.29, 0.717) is 29.3 Å². The van der Waals surface area contributed by atoms with Gasteiger partial charge in [0.15, 0.2) is 12.4 Å². The van der Waals surface area contributed by atoms with Crippen LogP contribution >= 0.6 is 11.8 Å². The van der Waals surface area contributed by atoms with Crippen molar-refractivity contribution in [1.29, 1.82) is 0 Å². The third-order valence-corrected chi connectivity index (χ3v) is 5.22. The Morgan fingerprint density at radius 1 is 1.17 bits per heavy atom. The summed E-state index contributed by atoms with van der Waals surface area (Å²) in [6.45, 7) is 2.49. The van der Waals surface area contributed by atoms with Gasteiger partial charge in [-0.3, -0.25) is 14.4 Å². The molecule has 0 atom stereocenters. The first-order valence-corrected chi connectivity index (χ1v) is 10.3. The Morgan fingerprint density at radius 3 is 2.66 bits per heavy atom. The first-order chi connectivity index (χ1) is 14.0. The SMILES string of the molecule is CCOc1ccc(NC(=O)CSCC(=O)c2ccc3c(c2)N(C)C(=O)CO3)cc1. The number of hydrogen-bond acceptors (Lipinski definition) is 6. The summed E-state index contributed by atoms with van der Waals surface area (Å²) in [5.74, 6) is 1.18. The molecule has 0 saturated heterocycles. The molecular weight excluding hydrogens is 392 g/mol. The van der Waals surface area contributed by atoms with E-state index in [2.05, 4.69) is 5.32 Å². The molecule has 2 amide bonds. The van der Waals surface area contributed by atoms with Gasteiger partial charge in [0.2, 0.25) is 5.91 Å². The second-order valence-electron chi connectivity index (χ2n) is 6.35. The molecule has 0 fully saturated rings. The zero-order valence-corrected chi connectivity index (χ0v) is 17.1. The van der Waals surface area contributed by atoms with Crippen LogP contribution < -0.4 is 19.7 Å². The Hall–Kier alpha value is -3.00. The number of rotatable bonds is 8. The normalized spacial score (nSPS) is 12.8. The maximum absolute atomic E-state index is 12.4. The molecule has 1 aliphatic rings. The Bertz CT molecular complexity index is 914. The molecule has 0 radical (unpaired) electrons. The smallest absolute Gasteiger partial charge is 0.264 e. The van der Waals surface area contributed by atoms with Gasteiger partial charge in [-0.1, -0.05) is 0 Å². The summed E-state index contributed by atoms with van der Waals surface area (Å²) in [5.41, 5.74) is 1.73. The molecule has 2 aromatic carbocycles. The van der Waals surface area contributed by atoms with Crippen LogP contribution in [0.15, 0.2) is 42.5 Å². The molecule has 0 bridgehead atoms.